The molecule has 2 aromatic rings. The zero-order chi connectivity index (χ0) is 21.7. The highest BCUT2D eigenvalue weighted by Gasteiger charge is 2.21. The van der Waals surface area contributed by atoms with Crippen molar-refractivity contribution in [1.82, 2.24) is 5.32 Å². The number of anilines is 3. The molecule has 0 spiro atoms. The molecule has 0 aliphatic carbocycles. The van der Waals surface area contributed by atoms with Gasteiger partial charge in [-0.15, -0.1) is 0 Å². The number of nitrogens with one attached hydrogen (secondary N) is 3. The summed E-state index contributed by atoms with van der Waals surface area (Å²) in [4.78, 5) is 27.6. The van der Waals surface area contributed by atoms with Crippen LogP contribution in [0.1, 0.15) is 43.5 Å². The van der Waals surface area contributed by atoms with Gasteiger partial charge in [0.15, 0.2) is 0 Å². The van der Waals surface area contributed by atoms with Crippen LogP contribution in [0.15, 0.2) is 36.4 Å². The summed E-state index contributed by atoms with van der Waals surface area (Å²) >= 11 is 12.1. The topological polar surface area (TPSA) is 73.5 Å². The largest absolute Gasteiger partial charge is 0.371 e. The van der Waals surface area contributed by atoms with E-state index in [1.165, 1.54) is 0 Å². The molecule has 1 atom stereocenters. The Hall–Kier alpha value is -2.44. The summed E-state index contributed by atoms with van der Waals surface area (Å²) in [6.45, 7) is 5.83. The number of hydrogen-bond donors (Lipinski definition) is 3. The summed E-state index contributed by atoms with van der Waals surface area (Å²) in [6, 6.07) is 10.00. The molecule has 160 valence electrons. The highest BCUT2D eigenvalue weighted by atomic mass is 35.5. The highest BCUT2D eigenvalue weighted by Crippen LogP contribution is 2.30. The second-order valence-corrected chi connectivity index (χ2v) is 8.17. The second kappa shape index (κ2) is 10.0. The Kier molecular flexibility index (Phi) is 7.45. The molecule has 0 radical (unpaired) electrons. The lowest BCUT2D eigenvalue weighted by Crippen LogP contribution is -2.33. The number of carbonyl (C=O) groups excluding carboxylic acids is 2. The van der Waals surface area contributed by atoms with E-state index in [1.807, 2.05) is 19.9 Å². The van der Waals surface area contributed by atoms with Crippen LogP contribution in [0, 0.1) is 0 Å². The van der Waals surface area contributed by atoms with Crippen LogP contribution in [0.2, 0.25) is 10.0 Å². The van der Waals surface area contributed by atoms with Crippen LogP contribution in [0.25, 0.3) is 0 Å². The first-order valence-corrected chi connectivity index (χ1v) is 10.9. The number of nitrogens with zero attached hydrogens (tertiary/aromatic N) is 1. The molecule has 0 saturated carbocycles. The summed E-state index contributed by atoms with van der Waals surface area (Å²) in [7, 11) is 0. The number of urea groups is 1. The minimum atomic E-state index is -0.471. The standard InChI is InChI=1S/C22H26Cl2N4O2/c1-3-14(2)25-21(29)16-13-15(9-10-19(16)28-11-4-5-12-28)26-22(30)27-18-8-6-7-17(23)20(18)24/h6-10,13-14H,3-5,11-12H2,1-2H3,(H,25,29)(H2,26,27,30). The quantitative estimate of drug-likeness (QED) is 0.525. The maximum absolute atomic E-state index is 12.9. The Balaban J connectivity index is 1.80. The van der Waals surface area contributed by atoms with Crippen LogP contribution in [0.3, 0.4) is 0 Å². The smallest absolute Gasteiger partial charge is 0.323 e. The Morgan fingerprint density at radius 1 is 1.10 bits per heavy atom. The maximum atomic E-state index is 12.9. The summed E-state index contributed by atoms with van der Waals surface area (Å²) in [5.74, 6) is -0.145. The average molecular weight is 449 g/mol. The van der Waals surface area contributed by atoms with Crippen molar-refractivity contribution in [2.24, 2.45) is 0 Å². The third-order valence-electron chi connectivity index (χ3n) is 5.14. The number of carbonyl (C=O) groups is 2. The van der Waals surface area contributed by atoms with Crippen LogP contribution in [-0.2, 0) is 0 Å². The van der Waals surface area contributed by atoms with Crippen molar-refractivity contribution < 1.29 is 9.59 Å². The number of benzene rings is 2. The van der Waals surface area contributed by atoms with Gasteiger partial charge in [0.05, 0.1) is 21.3 Å². The predicted molar refractivity (Wildman–Crippen MR) is 124 cm³/mol. The first-order chi connectivity index (χ1) is 14.4. The van der Waals surface area contributed by atoms with Gasteiger partial charge in [0.1, 0.15) is 0 Å². The molecule has 1 fully saturated rings. The zero-order valence-corrected chi connectivity index (χ0v) is 18.6. The van der Waals surface area contributed by atoms with Crippen molar-refractivity contribution in [3.05, 3.63) is 52.0 Å². The van der Waals surface area contributed by atoms with Gasteiger partial charge in [0, 0.05) is 30.5 Å². The molecule has 1 aliphatic rings. The van der Waals surface area contributed by atoms with E-state index < -0.39 is 6.03 Å². The molecule has 3 rings (SSSR count). The predicted octanol–water partition coefficient (Wildman–Crippen LogP) is 5.77. The van der Waals surface area contributed by atoms with E-state index in [0.29, 0.717) is 22.0 Å². The van der Waals surface area contributed by atoms with Gasteiger partial charge in [-0.05, 0) is 56.5 Å². The fraction of sp³-hybridized carbons (Fsp3) is 0.364. The van der Waals surface area contributed by atoms with Crippen LogP contribution in [0.5, 0.6) is 0 Å². The zero-order valence-electron chi connectivity index (χ0n) is 17.1. The first-order valence-electron chi connectivity index (χ1n) is 10.1. The molecule has 0 bridgehead atoms. The minimum absolute atomic E-state index is 0.0637. The molecular weight excluding hydrogens is 423 g/mol. The molecule has 3 amide bonds. The van der Waals surface area contributed by atoms with E-state index in [9.17, 15) is 9.59 Å². The van der Waals surface area contributed by atoms with E-state index in [4.69, 9.17) is 23.2 Å². The van der Waals surface area contributed by atoms with Gasteiger partial charge in [0.2, 0.25) is 0 Å². The minimum Gasteiger partial charge on any atom is -0.371 e. The monoisotopic (exact) mass is 448 g/mol. The summed E-state index contributed by atoms with van der Waals surface area (Å²) < 4.78 is 0. The molecule has 0 aromatic heterocycles. The summed E-state index contributed by atoms with van der Waals surface area (Å²) in [5, 5.41) is 9.09. The van der Waals surface area contributed by atoms with Crippen molar-refractivity contribution in [3.8, 4) is 0 Å². The number of rotatable bonds is 6. The molecule has 3 N–H and O–H groups in total. The number of halogens is 2. The van der Waals surface area contributed by atoms with E-state index in [1.54, 1.807) is 30.3 Å². The lowest BCUT2D eigenvalue weighted by Gasteiger charge is -2.23. The average Bonchev–Trinajstić information content (AvgIpc) is 3.26. The van der Waals surface area contributed by atoms with E-state index in [2.05, 4.69) is 20.9 Å². The van der Waals surface area contributed by atoms with Gasteiger partial charge in [0.25, 0.3) is 5.91 Å². The second-order valence-electron chi connectivity index (χ2n) is 7.39. The Labute approximate surface area is 186 Å². The first kappa shape index (κ1) is 22.2. The van der Waals surface area contributed by atoms with Gasteiger partial charge in [-0.2, -0.15) is 0 Å². The highest BCUT2D eigenvalue weighted by molar-refractivity contribution is 6.44. The molecule has 1 saturated heterocycles. The fourth-order valence-corrected chi connectivity index (χ4v) is 3.67. The van der Waals surface area contributed by atoms with Gasteiger partial charge >= 0.3 is 6.03 Å². The Bertz CT molecular complexity index is 929. The van der Waals surface area contributed by atoms with Gasteiger partial charge in [-0.25, -0.2) is 4.79 Å². The van der Waals surface area contributed by atoms with Crippen molar-refractivity contribution in [3.63, 3.8) is 0 Å². The van der Waals surface area contributed by atoms with Gasteiger partial charge < -0.3 is 20.9 Å². The molecule has 2 aromatic carbocycles. The number of amides is 3. The summed E-state index contributed by atoms with van der Waals surface area (Å²) in [5.41, 5.74) is 2.36. The van der Waals surface area contributed by atoms with Crippen molar-refractivity contribution in [1.29, 1.82) is 0 Å². The van der Waals surface area contributed by atoms with Crippen molar-refractivity contribution in [2.75, 3.05) is 28.6 Å². The molecule has 1 unspecified atom stereocenters. The molecule has 8 heteroatoms. The van der Waals surface area contributed by atoms with Crippen molar-refractivity contribution >= 4 is 52.2 Å². The van der Waals surface area contributed by atoms with Crippen LogP contribution >= 0.6 is 23.2 Å². The number of hydrogen-bond acceptors (Lipinski definition) is 3. The van der Waals surface area contributed by atoms with Crippen molar-refractivity contribution in [2.45, 2.75) is 39.2 Å². The normalized spacial score (nSPS) is 14.3. The fourth-order valence-electron chi connectivity index (χ4n) is 3.32. The molecule has 30 heavy (non-hydrogen) atoms. The van der Waals surface area contributed by atoms with E-state index in [-0.39, 0.29) is 17.0 Å². The third-order valence-corrected chi connectivity index (χ3v) is 5.95. The van der Waals surface area contributed by atoms with E-state index in [0.717, 1.165) is 38.0 Å². The molecule has 6 nitrogen and oxygen atoms in total. The Morgan fingerprint density at radius 2 is 1.83 bits per heavy atom. The molecule has 1 aliphatic heterocycles. The van der Waals surface area contributed by atoms with Crippen LogP contribution < -0.4 is 20.9 Å². The van der Waals surface area contributed by atoms with Crippen LogP contribution in [-0.4, -0.2) is 31.1 Å². The van der Waals surface area contributed by atoms with E-state index >= 15 is 0 Å². The van der Waals surface area contributed by atoms with Gasteiger partial charge in [-0.3, -0.25) is 4.79 Å². The Morgan fingerprint density at radius 3 is 2.53 bits per heavy atom. The third kappa shape index (κ3) is 5.37. The molecular formula is C22H26Cl2N4O2. The maximum Gasteiger partial charge on any atom is 0.323 e. The lowest BCUT2D eigenvalue weighted by atomic mass is 10.1. The summed E-state index contributed by atoms with van der Waals surface area (Å²) in [6.07, 6.45) is 3.05. The van der Waals surface area contributed by atoms with Gasteiger partial charge in [-0.1, -0.05) is 36.2 Å². The molecule has 1 heterocycles. The van der Waals surface area contributed by atoms with Crippen LogP contribution in [0.4, 0.5) is 21.9 Å². The SMILES string of the molecule is CCC(C)NC(=O)c1cc(NC(=O)Nc2cccc(Cl)c2Cl)ccc1N1CCCC1. The lowest BCUT2D eigenvalue weighted by molar-refractivity contribution is 0.0940.